The Hall–Kier alpha value is -3.18. The first-order valence-electron chi connectivity index (χ1n) is 9.40. The Bertz CT molecular complexity index is 1160. The van der Waals surface area contributed by atoms with Crippen LogP contribution in [0.4, 0.5) is 5.69 Å². The van der Waals surface area contributed by atoms with Crippen LogP contribution in [-0.2, 0) is 21.2 Å². The minimum atomic E-state index is -4.01. The zero-order valence-corrected chi connectivity index (χ0v) is 16.8. The normalized spacial score (nSPS) is 17.4. The van der Waals surface area contributed by atoms with E-state index in [0.29, 0.717) is 24.3 Å². The molecule has 148 valence electrons. The van der Waals surface area contributed by atoms with E-state index in [2.05, 4.69) is 11.2 Å². The van der Waals surface area contributed by atoms with Crippen LogP contribution in [0.5, 0.6) is 0 Å². The minimum absolute atomic E-state index is 0.0806. The lowest BCUT2D eigenvalue weighted by atomic mass is 10.1. The smallest absolute Gasteiger partial charge is 0.286 e. The molecular weight excluding hydrogens is 388 g/mol. The van der Waals surface area contributed by atoms with Crippen molar-refractivity contribution >= 4 is 26.5 Å². The highest BCUT2D eigenvalue weighted by atomic mass is 32.2. The summed E-state index contributed by atoms with van der Waals surface area (Å²) in [6, 6.07) is 14.1. The van der Waals surface area contributed by atoms with Gasteiger partial charge in [-0.15, -0.1) is 0 Å². The summed E-state index contributed by atoms with van der Waals surface area (Å²) in [5.74, 6) is -0.551. The zero-order valence-electron chi connectivity index (χ0n) is 16.0. The molecule has 2 aromatic rings. The molecule has 0 saturated carbocycles. The highest BCUT2D eigenvalue weighted by Gasteiger charge is 2.39. The van der Waals surface area contributed by atoms with E-state index in [9.17, 15) is 13.2 Å². The number of carbonyl (C=O) groups is 1. The Morgan fingerprint density at radius 3 is 2.66 bits per heavy atom. The quantitative estimate of drug-likeness (QED) is 0.778. The largest absolute Gasteiger partial charge is 0.337 e. The molecule has 0 unspecified atom stereocenters. The monoisotopic (exact) mass is 408 g/mol. The number of hydrogen-bond acceptors (Lipinski definition) is 6. The summed E-state index contributed by atoms with van der Waals surface area (Å²) in [5.41, 5.74) is 2.63. The van der Waals surface area contributed by atoms with Crippen LogP contribution in [0.2, 0.25) is 0 Å². The Morgan fingerprint density at radius 1 is 1.17 bits per heavy atom. The van der Waals surface area contributed by atoms with Gasteiger partial charge in [-0.05, 0) is 55.2 Å². The molecule has 2 heterocycles. The van der Waals surface area contributed by atoms with Crippen molar-refractivity contribution in [1.82, 2.24) is 4.90 Å². The van der Waals surface area contributed by atoms with Gasteiger partial charge in [0.2, 0.25) is 14.9 Å². The van der Waals surface area contributed by atoms with Gasteiger partial charge >= 0.3 is 0 Å². The average Bonchev–Trinajstić information content (AvgIpc) is 3.24. The second kappa shape index (κ2) is 7.33. The number of anilines is 1. The third kappa shape index (κ3) is 3.49. The van der Waals surface area contributed by atoms with Gasteiger partial charge in [0.1, 0.15) is 0 Å². The number of nitriles is 1. The number of amides is 1. The third-order valence-corrected chi connectivity index (χ3v) is 6.80. The molecule has 2 aliphatic rings. The summed E-state index contributed by atoms with van der Waals surface area (Å²) in [5, 5.41) is 14.6. The first-order valence-corrected chi connectivity index (χ1v) is 10.9. The molecule has 7 nitrogen and oxygen atoms in total. The number of hydrogen-bond donors (Lipinski definition) is 0. The van der Waals surface area contributed by atoms with Crippen molar-refractivity contribution in [3.8, 4) is 6.07 Å². The Balaban J connectivity index is 1.81. The van der Waals surface area contributed by atoms with Crippen LogP contribution < -0.4 is 5.01 Å². The Kier molecular flexibility index (Phi) is 4.84. The number of carbonyl (C=O) groups excluding carboxylic acids is 1. The number of fused-ring (bicyclic) bond motifs is 1. The van der Waals surface area contributed by atoms with E-state index in [1.54, 1.807) is 40.2 Å². The molecule has 2 aliphatic heterocycles. The number of rotatable bonds is 3. The topological polar surface area (TPSA) is 93.8 Å². The molecule has 1 fully saturated rings. The van der Waals surface area contributed by atoms with Crippen LogP contribution in [-0.4, -0.2) is 37.4 Å². The summed E-state index contributed by atoms with van der Waals surface area (Å²) in [6.07, 6.45) is 1.72. The van der Waals surface area contributed by atoms with Crippen molar-refractivity contribution < 1.29 is 13.2 Å². The van der Waals surface area contributed by atoms with Crippen LogP contribution in [0.3, 0.4) is 0 Å². The lowest BCUT2D eigenvalue weighted by Gasteiger charge is -2.29. The van der Waals surface area contributed by atoms with Crippen molar-refractivity contribution in [2.45, 2.75) is 31.2 Å². The molecule has 0 N–H and O–H groups in total. The van der Waals surface area contributed by atoms with Gasteiger partial charge < -0.3 is 4.90 Å². The molecule has 0 spiro atoms. The third-order valence-electron chi connectivity index (χ3n) is 5.11. The molecule has 0 radical (unpaired) electrons. The SMILES string of the molecule is Cc1ccc2c(c1)N(Cc1cccc(C#N)c1)N=C(C(=O)N1CCCC1)S2(=O)=O. The van der Waals surface area contributed by atoms with E-state index in [0.717, 1.165) is 24.0 Å². The second-order valence-corrected chi connectivity index (χ2v) is 9.08. The Labute approximate surface area is 169 Å². The predicted molar refractivity (Wildman–Crippen MR) is 109 cm³/mol. The molecule has 29 heavy (non-hydrogen) atoms. The second-order valence-electron chi connectivity index (χ2n) is 7.25. The fourth-order valence-corrected chi connectivity index (χ4v) is 5.08. The molecule has 1 saturated heterocycles. The van der Waals surface area contributed by atoms with E-state index < -0.39 is 20.8 Å². The van der Waals surface area contributed by atoms with Crippen molar-refractivity contribution in [3.05, 3.63) is 59.2 Å². The molecule has 0 atom stereocenters. The van der Waals surface area contributed by atoms with Gasteiger partial charge in [0, 0.05) is 13.1 Å². The summed E-state index contributed by atoms with van der Waals surface area (Å²) < 4.78 is 26.3. The van der Waals surface area contributed by atoms with E-state index in [1.165, 1.54) is 6.07 Å². The number of nitrogens with zero attached hydrogens (tertiary/aromatic N) is 4. The highest BCUT2D eigenvalue weighted by Crippen LogP contribution is 2.34. The van der Waals surface area contributed by atoms with Crippen LogP contribution in [0.25, 0.3) is 0 Å². The fourth-order valence-electron chi connectivity index (χ4n) is 3.62. The van der Waals surface area contributed by atoms with E-state index in [-0.39, 0.29) is 11.4 Å². The van der Waals surface area contributed by atoms with Crippen LogP contribution in [0, 0.1) is 18.3 Å². The maximum Gasteiger partial charge on any atom is 0.286 e. The van der Waals surface area contributed by atoms with Crippen molar-refractivity contribution in [2.75, 3.05) is 18.1 Å². The van der Waals surface area contributed by atoms with Crippen molar-refractivity contribution in [3.63, 3.8) is 0 Å². The Morgan fingerprint density at radius 2 is 1.93 bits per heavy atom. The maximum absolute atomic E-state index is 13.2. The van der Waals surface area contributed by atoms with E-state index in [4.69, 9.17) is 5.26 Å². The van der Waals surface area contributed by atoms with Gasteiger partial charge in [0.05, 0.1) is 28.8 Å². The lowest BCUT2D eigenvalue weighted by molar-refractivity contribution is -0.122. The van der Waals surface area contributed by atoms with Crippen molar-refractivity contribution in [2.24, 2.45) is 5.10 Å². The summed E-state index contributed by atoms with van der Waals surface area (Å²) in [4.78, 5) is 14.6. The average molecular weight is 408 g/mol. The van der Waals surface area contributed by atoms with Gasteiger partial charge in [-0.1, -0.05) is 18.2 Å². The van der Waals surface area contributed by atoms with Crippen LogP contribution in [0.15, 0.2) is 52.5 Å². The number of aryl methyl sites for hydroxylation is 1. The summed E-state index contributed by atoms with van der Waals surface area (Å²) in [7, 11) is -4.01. The summed E-state index contributed by atoms with van der Waals surface area (Å²) in [6.45, 7) is 3.20. The molecular formula is C21H20N4O3S. The number of benzene rings is 2. The molecule has 1 amide bonds. The standard InChI is InChI=1S/C21H20N4O3S/c1-15-7-8-19-18(11-15)25(14-17-6-4-5-16(12-17)13-22)23-20(29(19,27)28)21(26)24-9-2-3-10-24/h4-8,11-12H,2-3,9-10,14H2,1H3. The maximum atomic E-state index is 13.2. The molecule has 2 aromatic carbocycles. The van der Waals surface area contributed by atoms with Crippen molar-refractivity contribution in [1.29, 1.82) is 5.26 Å². The van der Waals surface area contributed by atoms with Gasteiger partial charge in [0.15, 0.2) is 0 Å². The summed E-state index contributed by atoms with van der Waals surface area (Å²) >= 11 is 0. The van der Waals surface area contributed by atoms with E-state index >= 15 is 0 Å². The number of hydrazone groups is 1. The van der Waals surface area contributed by atoms with Gasteiger partial charge in [-0.25, -0.2) is 8.42 Å². The minimum Gasteiger partial charge on any atom is -0.337 e. The fraction of sp³-hybridized carbons (Fsp3) is 0.286. The molecule has 0 aliphatic carbocycles. The van der Waals surface area contributed by atoms with Gasteiger partial charge in [-0.3, -0.25) is 9.80 Å². The zero-order chi connectivity index (χ0) is 20.6. The first kappa shape index (κ1) is 19.2. The van der Waals surface area contributed by atoms with Gasteiger partial charge in [0.25, 0.3) is 5.91 Å². The van der Waals surface area contributed by atoms with Crippen LogP contribution >= 0.6 is 0 Å². The predicted octanol–water partition coefficient (Wildman–Crippen LogP) is 2.60. The lowest BCUT2D eigenvalue weighted by Crippen LogP contribution is -2.42. The van der Waals surface area contributed by atoms with Gasteiger partial charge in [-0.2, -0.15) is 10.4 Å². The molecule has 4 rings (SSSR count). The first-order chi connectivity index (χ1) is 13.9. The van der Waals surface area contributed by atoms with E-state index in [1.807, 2.05) is 13.0 Å². The van der Waals surface area contributed by atoms with Crippen LogP contribution in [0.1, 0.15) is 29.5 Å². The number of likely N-dealkylation sites (tertiary alicyclic amines) is 1. The molecule has 8 heteroatoms. The molecule has 0 aromatic heterocycles. The highest BCUT2D eigenvalue weighted by molar-refractivity contribution is 8.08. The molecule has 0 bridgehead atoms. The number of sulfone groups is 1.